The van der Waals surface area contributed by atoms with Crippen molar-refractivity contribution < 1.29 is 14.7 Å². The smallest absolute Gasteiger partial charge is 0.326 e. The van der Waals surface area contributed by atoms with Gasteiger partial charge in [0.15, 0.2) is 0 Å². The fourth-order valence-corrected chi connectivity index (χ4v) is 3.34. The fraction of sp³-hybridized carbons (Fsp3) is 0.867. The molecule has 0 radical (unpaired) electrons. The van der Waals surface area contributed by atoms with E-state index >= 15 is 0 Å². The van der Waals surface area contributed by atoms with Crippen molar-refractivity contribution in [2.75, 3.05) is 19.6 Å². The molecule has 5 nitrogen and oxygen atoms in total. The second kappa shape index (κ2) is 6.02. The molecule has 2 saturated heterocycles. The number of amides is 2. The average molecular weight is 282 g/mol. The van der Waals surface area contributed by atoms with Gasteiger partial charge in [-0.2, -0.15) is 0 Å². The van der Waals surface area contributed by atoms with Crippen LogP contribution >= 0.6 is 0 Å². The Morgan fingerprint density at radius 1 is 1.20 bits per heavy atom. The van der Waals surface area contributed by atoms with Gasteiger partial charge in [0.2, 0.25) is 0 Å². The third-order valence-electron chi connectivity index (χ3n) is 5.08. The van der Waals surface area contributed by atoms with Gasteiger partial charge in [-0.3, -0.25) is 0 Å². The molecule has 4 atom stereocenters. The van der Waals surface area contributed by atoms with Crippen LogP contribution in [0.3, 0.4) is 0 Å². The molecule has 2 amide bonds. The van der Waals surface area contributed by atoms with E-state index in [0.717, 1.165) is 25.9 Å². The topological polar surface area (TPSA) is 60.9 Å². The SMILES string of the molecule is CCC1CCN(C(=O)N2CC(C)C(C)C2)C(C(=O)O)C1. The lowest BCUT2D eigenvalue weighted by Gasteiger charge is -2.38. The van der Waals surface area contributed by atoms with E-state index in [1.165, 1.54) is 0 Å². The highest BCUT2D eigenvalue weighted by molar-refractivity contribution is 5.83. The van der Waals surface area contributed by atoms with Crippen LogP contribution < -0.4 is 0 Å². The van der Waals surface area contributed by atoms with E-state index in [9.17, 15) is 14.7 Å². The summed E-state index contributed by atoms with van der Waals surface area (Å²) in [6, 6.07) is -0.726. The first-order valence-electron chi connectivity index (χ1n) is 7.72. The van der Waals surface area contributed by atoms with Crippen molar-refractivity contribution in [3.8, 4) is 0 Å². The predicted molar refractivity (Wildman–Crippen MR) is 76.4 cm³/mol. The molecule has 2 aliphatic rings. The van der Waals surface area contributed by atoms with Crippen LogP contribution in [0.5, 0.6) is 0 Å². The minimum atomic E-state index is -0.864. The van der Waals surface area contributed by atoms with Gasteiger partial charge < -0.3 is 14.9 Å². The third-order valence-corrected chi connectivity index (χ3v) is 5.08. The second-order valence-electron chi connectivity index (χ2n) is 6.49. The highest BCUT2D eigenvalue weighted by Crippen LogP contribution is 2.29. The van der Waals surface area contributed by atoms with Gasteiger partial charge in [-0.15, -0.1) is 0 Å². The molecule has 1 N–H and O–H groups in total. The number of nitrogens with zero attached hydrogens (tertiary/aromatic N) is 2. The molecule has 0 aromatic heterocycles. The highest BCUT2D eigenvalue weighted by Gasteiger charge is 2.39. The number of hydrogen-bond donors (Lipinski definition) is 1. The minimum Gasteiger partial charge on any atom is -0.480 e. The van der Waals surface area contributed by atoms with E-state index in [1.807, 2.05) is 4.90 Å². The van der Waals surface area contributed by atoms with Gasteiger partial charge in [-0.1, -0.05) is 27.2 Å². The van der Waals surface area contributed by atoms with Crippen molar-refractivity contribution in [2.24, 2.45) is 17.8 Å². The van der Waals surface area contributed by atoms with Crippen LogP contribution in [0.15, 0.2) is 0 Å². The summed E-state index contributed by atoms with van der Waals surface area (Å²) in [5.41, 5.74) is 0. The summed E-state index contributed by atoms with van der Waals surface area (Å²) in [7, 11) is 0. The van der Waals surface area contributed by atoms with Crippen molar-refractivity contribution >= 4 is 12.0 Å². The van der Waals surface area contributed by atoms with Gasteiger partial charge in [-0.05, 0) is 30.6 Å². The maximum atomic E-state index is 12.6. The van der Waals surface area contributed by atoms with Crippen molar-refractivity contribution in [1.82, 2.24) is 9.80 Å². The first kappa shape index (κ1) is 15.1. The molecule has 0 spiro atoms. The van der Waals surface area contributed by atoms with Gasteiger partial charge in [0.05, 0.1) is 0 Å². The van der Waals surface area contributed by atoms with Crippen LogP contribution in [-0.2, 0) is 4.79 Å². The summed E-state index contributed by atoms with van der Waals surface area (Å²) in [4.78, 5) is 27.5. The van der Waals surface area contributed by atoms with E-state index in [4.69, 9.17) is 0 Å². The summed E-state index contributed by atoms with van der Waals surface area (Å²) >= 11 is 0. The monoisotopic (exact) mass is 282 g/mol. The summed E-state index contributed by atoms with van der Waals surface area (Å²) in [5.74, 6) is 0.555. The number of rotatable bonds is 2. The van der Waals surface area contributed by atoms with E-state index in [2.05, 4.69) is 20.8 Å². The Kier molecular flexibility index (Phi) is 4.55. The maximum Gasteiger partial charge on any atom is 0.326 e. The lowest BCUT2D eigenvalue weighted by atomic mass is 9.89. The molecule has 0 bridgehead atoms. The summed E-state index contributed by atoms with van der Waals surface area (Å²) in [5, 5.41) is 9.41. The Balaban J connectivity index is 2.06. The molecule has 4 unspecified atom stereocenters. The molecular weight excluding hydrogens is 256 g/mol. The number of piperidine rings is 1. The molecule has 2 aliphatic heterocycles. The Labute approximate surface area is 120 Å². The number of carbonyl (C=O) groups excluding carboxylic acids is 1. The quantitative estimate of drug-likeness (QED) is 0.845. The van der Waals surface area contributed by atoms with Gasteiger partial charge >= 0.3 is 12.0 Å². The number of carboxylic acid groups (broad SMARTS) is 1. The molecule has 0 saturated carbocycles. The van der Waals surface area contributed by atoms with E-state index < -0.39 is 12.0 Å². The first-order valence-corrected chi connectivity index (χ1v) is 7.72. The summed E-state index contributed by atoms with van der Waals surface area (Å²) in [6.07, 6.45) is 2.51. The van der Waals surface area contributed by atoms with Crippen LogP contribution in [0.4, 0.5) is 4.79 Å². The molecule has 2 fully saturated rings. The zero-order chi connectivity index (χ0) is 14.9. The molecule has 2 heterocycles. The second-order valence-corrected chi connectivity index (χ2v) is 6.49. The minimum absolute atomic E-state index is 0.0804. The van der Waals surface area contributed by atoms with Crippen LogP contribution in [0.1, 0.15) is 40.0 Å². The normalized spacial score (nSPS) is 34.4. The number of likely N-dealkylation sites (tertiary alicyclic amines) is 2. The van der Waals surface area contributed by atoms with E-state index in [1.54, 1.807) is 4.90 Å². The van der Waals surface area contributed by atoms with Crippen LogP contribution in [0.25, 0.3) is 0 Å². The van der Waals surface area contributed by atoms with Gasteiger partial charge in [0.1, 0.15) is 6.04 Å². The third kappa shape index (κ3) is 2.91. The molecule has 5 heteroatoms. The number of carboxylic acids is 1. The largest absolute Gasteiger partial charge is 0.480 e. The van der Waals surface area contributed by atoms with Crippen LogP contribution in [0, 0.1) is 17.8 Å². The number of hydrogen-bond acceptors (Lipinski definition) is 2. The van der Waals surface area contributed by atoms with E-state index in [-0.39, 0.29) is 6.03 Å². The molecule has 0 aliphatic carbocycles. The average Bonchev–Trinajstić information content (AvgIpc) is 2.77. The van der Waals surface area contributed by atoms with Gasteiger partial charge in [-0.25, -0.2) is 9.59 Å². The number of urea groups is 1. The molecule has 20 heavy (non-hydrogen) atoms. The molecular formula is C15H26N2O3. The van der Waals surface area contributed by atoms with Gasteiger partial charge in [0.25, 0.3) is 0 Å². The zero-order valence-corrected chi connectivity index (χ0v) is 12.7. The number of carbonyl (C=O) groups is 2. The molecule has 0 aromatic carbocycles. The standard InChI is InChI=1S/C15H26N2O3/c1-4-12-5-6-17(13(7-12)14(18)19)15(20)16-8-10(2)11(3)9-16/h10-13H,4-9H2,1-3H3,(H,18,19). The Bertz CT molecular complexity index is 375. The first-order chi connectivity index (χ1) is 9.43. The Morgan fingerprint density at radius 3 is 2.30 bits per heavy atom. The molecule has 0 aromatic rings. The maximum absolute atomic E-state index is 12.6. The van der Waals surface area contributed by atoms with Crippen molar-refractivity contribution in [3.05, 3.63) is 0 Å². The van der Waals surface area contributed by atoms with Crippen molar-refractivity contribution in [2.45, 2.75) is 46.1 Å². The van der Waals surface area contributed by atoms with Crippen molar-refractivity contribution in [3.63, 3.8) is 0 Å². The summed E-state index contributed by atoms with van der Waals surface area (Å²) < 4.78 is 0. The Hall–Kier alpha value is -1.26. The van der Waals surface area contributed by atoms with Gasteiger partial charge in [0, 0.05) is 19.6 Å². The molecule has 114 valence electrons. The fourth-order valence-electron chi connectivity index (χ4n) is 3.34. The zero-order valence-electron chi connectivity index (χ0n) is 12.7. The molecule has 2 rings (SSSR count). The lowest BCUT2D eigenvalue weighted by molar-refractivity contribution is -0.144. The number of aliphatic carboxylic acids is 1. The Morgan fingerprint density at radius 2 is 1.80 bits per heavy atom. The van der Waals surface area contributed by atoms with Crippen molar-refractivity contribution in [1.29, 1.82) is 0 Å². The van der Waals surface area contributed by atoms with Crippen LogP contribution in [0.2, 0.25) is 0 Å². The predicted octanol–water partition coefficient (Wildman–Crippen LogP) is 2.27. The summed E-state index contributed by atoms with van der Waals surface area (Å²) in [6.45, 7) is 8.46. The van der Waals surface area contributed by atoms with E-state index in [0.29, 0.717) is 30.7 Å². The lowest BCUT2D eigenvalue weighted by Crippen LogP contribution is -2.54. The highest BCUT2D eigenvalue weighted by atomic mass is 16.4. The van der Waals surface area contributed by atoms with Crippen LogP contribution in [-0.4, -0.2) is 52.6 Å².